The fraction of sp³-hybridized carbons (Fsp3) is 0.105. The van der Waals surface area contributed by atoms with Crippen LogP contribution in [-0.2, 0) is 6.61 Å². The van der Waals surface area contributed by atoms with Gasteiger partial charge in [0.05, 0.1) is 5.69 Å². The Hall–Kier alpha value is -3.19. The van der Waals surface area contributed by atoms with E-state index in [1.54, 1.807) is 30.5 Å². The molecule has 0 atom stereocenters. The van der Waals surface area contributed by atoms with Gasteiger partial charge in [-0.05, 0) is 42.8 Å². The Balaban J connectivity index is 1.40. The summed E-state index contributed by atoms with van der Waals surface area (Å²) < 4.78 is 7.77. The van der Waals surface area contributed by atoms with Crippen molar-refractivity contribution in [3.05, 3.63) is 77.2 Å². The molecule has 7 heteroatoms. The molecule has 3 aromatic heterocycles. The second-order valence-electron chi connectivity index (χ2n) is 5.76. The summed E-state index contributed by atoms with van der Waals surface area (Å²) in [4.78, 5) is 20.8. The van der Waals surface area contributed by atoms with Gasteiger partial charge in [0.2, 0.25) is 0 Å². The molecule has 0 saturated carbocycles. The van der Waals surface area contributed by atoms with Gasteiger partial charge in [-0.3, -0.25) is 10.1 Å². The molecule has 130 valence electrons. The van der Waals surface area contributed by atoms with E-state index in [0.717, 1.165) is 16.9 Å². The van der Waals surface area contributed by atoms with Crippen LogP contribution in [0.5, 0.6) is 5.75 Å². The number of nitrogens with zero attached hydrogens (tertiary/aromatic N) is 3. The minimum absolute atomic E-state index is 0.192. The molecule has 0 unspecified atom stereocenters. The molecule has 6 nitrogen and oxygen atoms in total. The third kappa shape index (κ3) is 3.43. The highest BCUT2D eigenvalue weighted by molar-refractivity contribution is 7.13. The topological polar surface area (TPSA) is 68.5 Å². The largest absolute Gasteiger partial charge is 0.487 e. The Bertz CT molecular complexity index is 1040. The van der Waals surface area contributed by atoms with Crippen molar-refractivity contribution in [2.45, 2.75) is 13.5 Å². The van der Waals surface area contributed by atoms with Gasteiger partial charge in [-0.25, -0.2) is 9.97 Å². The summed E-state index contributed by atoms with van der Waals surface area (Å²) in [5.41, 5.74) is 3.45. The minimum Gasteiger partial charge on any atom is -0.487 e. The molecule has 0 spiro atoms. The molecular weight excluding hydrogens is 348 g/mol. The van der Waals surface area contributed by atoms with E-state index < -0.39 is 0 Å². The number of imidazole rings is 1. The third-order valence-corrected chi connectivity index (χ3v) is 4.57. The van der Waals surface area contributed by atoms with E-state index in [4.69, 9.17) is 4.74 Å². The fourth-order valence-electron chi connectivity index (χ4n) is 2.59. The van der Waals surface area contributed by atoms with Crippen LogP contribution in [0.4, 0.5) is 5.13 Å². The number of amides is 1. The summed E-state index contributed by atoms with van der Waals surface area (Å²) in [7, 11) is 0. The Morgan fingerprint density at radius 1 is 1.27 bits per heavy atom. The Morgan fingerprint density at radius 2 is 2.12 bits per heavy atom. The van der Waals surface area contributed by atoms with Gasteiger partial charge < -0.3 is 9.14 Å². The molecule has 1 N–H and O–H groups in total. The van der Waals surface area contributed by atoms with Crippen molar-refractivity contribution in [1.29, 1.82) is 0 Å². The third-order valence-electron chi connectivity index (χ3n) is 3.88. The number of hydrogen-bond acceptors (Lipinski definition) is 5. The highest BCUT2D eigenvalue weighted by atomic mass is 32.1. The Labute approximate surface area is 154 Å². The van der Waals surface area contributed by atoms with Crippen molar-refractivity contribution in [3.8, 4) is 5.75 Å². The highest BCUT2D eigenvalue weighted by Crippen LogP contribution is 2.17. The summed E-state index contributed by atoms with van der Waals surface area (Å²) in [6, 6.07) is 11.0. The lowest BCUT2D eigenvalue weighted by Crippen LogP contribution is -2.11. The maximum Gasteiger partial charge on any atom is 0.257 e. The summed E-state index contributed by atoms with van der Waals surface area (Å²) in [6.07, 6.45) is 5.57. The minimum atomic E-state index is -0.192. The summed E-state index contributed by atoms with van der Waals surface area (Å²) in [5, 5.41) is 5.14. The van der Waals surface area contributed by atoms with Crippen LogP contribution < -0.4 is 10.1 Å². The van der Waals surface area contributed by atoms with E-state index in [2.05, 4.69) is 15.3 Å². The summed E-state index contributed by atoms with van der Waals surface area (Å²) >= 11 is 1.38. The number of thiazole rings is 1. The first-order valence-electron chi connectivity index (χ1n) is 8.06. The van der Waals surface area contributed by atoms with E-state index in [1.807, 2.05) is 41.2 Å². The normalized spacial score (nSPS) is 10.8. The number of fused-ring (bicyclic) bond motifs is 1. The van der Waals surface area contributed by atoms with Crippen LogP contribution in [0.1, 0.15) is 21.6 Å². The average molecular weight is 364 g/mol. The number of aryl methyl sites for hydroxylation is 1. The number of rotatable bonds is 5. The zero-order valence-corrected chi connectivity index (χ0v) is 14.9. The number of ether oxygens (including phenoxy) is 1. The van der Waals surface area contributed by atoms with Gasteiger partial charge in [0.25, 0.3) is 5.91 Å². The first-order chi connectivity index (χ1) is 12.7. The van der Waals surface area contributed by atoms with E-state index >= 15 is 0 Å². The smallest absolute Gasteiger partial charge is 0.257 e. The number of anilines is 1. The number of benzene rings is 1. The van der Waals surface area contributed by atoms with Crippen molar-refractivity contribution in [3.63, 3.8) is 0 Å². The monoisotopic (exact) mass is 364 g/mol. The quantitative estimate of drug-likeness (QED) is 0.583. The van der Waals surface area contributed by atoms with Crippen LogP contribution >= 0.6 is 11.3 Å². The Morgan fingerprint density at radius 3 is 2.85 bits per heavy atom. The average Bonchev–Trinajstić information content (AvgIpc) is 3.30. The fourth-order valence-corrected chi connectivity index (χ4v) is 3.11. The van der Waals surface area contributed by atoms with Crippen LogP contribution in [0.25, 0.3) is 5.65 Å². The summed E-state index contributed by atoms with van der Waals surface area (Å²) in [6.45, 7) is 2.40. The number of carbonyl (C=O) groups is 1. The van der Waals surface area contributed by atoms with Gasteiger partial charge in [0, 0.05) is 29.5 Å². The van der Waals surface area contributed by atoms with E-state index in [9.17, 15) is 4.79 Å². The lowest BCUT2D eigenvalue weighted by Gasteiger charge is -2.06. The highest BCUT2D eigenvalue weighted by Gasteiger charge is 2.08. The predicted octanol–water partition coefficient (Wildman–Crippen LogP) is 3.93. The van der Waals surface area contributed by atoms with Crippen LogP contribution in [0, 0.1) is 6.92 Å². The molecule has 0 aliphatic carbocycles. The van der Waals surface area contributed by atoms with E-state index in [0.29, 0.717) is 23.1 Å². The lowest BCUT2D eigenvalue weighted by atomic mass is 10.2. The second-order valence-corrected chi connectivity index (χ2v) is 6.65. The maximum absolute atomic E-state index is 12.1. The zero-order chi connectivity index (χ0) is 17.9. The molecule has 0 bridgehead atoms. The SMILES string of the molecule is Cc1cccn2cc(COc3ccc(C(=O)Nc4nccs4)cc3)nc12. The van der Waals surface area contributed by atoms with E-state index in [-0.39, 0.29) is 5.91 Å². The summed E-state index contributed by atoms with van der Waals surface area (Å²) in [5.74, 6) is 0.493. The van der Waals surface area contributed by atoms with Gasteiger partial charge in [0.1, 0.15) is 18.0 Å². The number of hydrogen-bond donors (Lipinski definition) is 1. The number of aromatic nitrogens is 3. The molecule has 1 aromatic carbocycles. The molecule has 0 aliphatic rings. The maximum atomic E-state index is 12.1. The lowest BCUT2D eigenvalue weighted by molar-refractivity contribution is 0.102. The van der Waals surface area contributed by atoms with Gasteiger partial charge in [-0.15, -0.1) is 11.3 Å². The van der Waals surface area contributed by atoms with E-state index in [1.165, 1.54) is 11.3 Å². The first-order valence-corrected chi connectivity index (χ1v) is 8.94. The predicted molar refractivity (Wildman–Crippen MR) is 101 cm³/mol. The molecular formula is C19H16N4O2S. The van der Waals surface area contributed by atoms with Crippen LogP contribution in [0.2, 0.25) is 0 Å². The van der Waals surface area contributed by atoms with Crippen molar-refractivity contribution >= 4 is 28.0 Å². The molecule has 0 saturated heterocycles. The van der Waals surface area contributed by atoms with Crippen LogP contribution in [-0.4, -0.2) is 20.3 Å². The molecule has 0 aliphatic heterocycles. The van der Waals surface area contributed by atoms with Gasteiger partial charge in [-0.2, -0.15) is 0 Å². The number of carbonyl (C=O) groups excluding carboxylic acids is 1. The molecule has 0 fully saturated rings. The van der Waals surface area contributed by atoms with Crippen molar-refractivity contribution < 1.29 is 9.53 Å². The second kappa shape index (κ2) is 6.97. The molecule has 4 rings (SSSR count). The van der Waals surface area contributed by atoms with Crippen molar-refractivity contribution in [2.24, 2.45) is 0 Å². The number of nitrogens with one attached hydrogen (secondary N) is 1. The van der Waals surface area contributed by atoms with Crippen LogP contribution in [0.3, 0.4) is 0 Å². The molecule has 0 radical (unpaired) electrons. The van der Waals surface area contributed by atoms with Gasteiger partial charge in [-0.1, -0.05) is 6.07 Å². The van der Waals surface area contributed by atoms with Crippen molar-refractivity contribution in [1.82, 2.24) is 14.4 Å². The molecule has 3 heterocycles. The standard InChI is InChI=1S/C19H16N4O2S/c1-13-3-2-9-23-11-15(21-17(13)23)12-25-16-6-4-14(5-7-16)18(24)22-19-20-8-10-26-19/h2-11H,12H2,1H3,(H,20,22,24). The molecule has 4 aromatic rings. The zero-order valence-electron chi connectivity index (χ0n) is 14.0. The molecule has 26 heavy (non-hydrogen) atoms. The van der Waals surface area contributed by atoms with Gasteiger partial charge >= 0.3 is 0 Å². The number of pyridine rings is 1. The van der Waals surface area contributed by atoms with Crippen molar-refractivity contribution in [2.75, 3.05) is 5.32 Å². The van der Waals surface area contributed by atoms with Gasteiger partial charge in [0.15, 0.2) is 5.13 Å². The first kappa shape index (κ1) is 16.3. The Kier molecular flexibility index (Phi) is 4.37. The molecule has 1 amide bonds. The van der Waals surface area contributed by atoms with Crippen LogP contribution in [0.15, 0.2) is 60.4 Å².